The van der Waals surface area contributed by atoms with E-state index in [0.29, 0.717) is 0 Å². The summed E-state index contributed by atoms with van der Waals surface area (Å²) in [6.45, 7) is 5.55. The van der Waals surface area contributed by atoms with Gasteiger partial charge in [0, 0.05) is 19.3 Å². The number of nitrogens with zero attached hydrogens (tertiary/aromatic N) is 1. The minimum absolute atomic E-state index is 0.770. The second-order valence-corrected chi connectivity index (χ2v) is 5.25. The van der Waals surface area contributed by atoms with Gasteiger partial charge in [-0.3, -0.25) is 0 Å². The summed E-state index contributed by atoms with van der Waals surface area (Å²) in [6, 6.07) is 6.40. The number of ether oxygens (including phenoxy) is 1. The van der Waals surface area contributed by atoms with Crippen LogP contribution in [0.25, 0.3) is 0 Å². The fourth-order valence-corrected chi connectivity index (χ4v) is 2.67. The van der Waals surface area contributed by atoms with Crippen LogP contribution < -0.4 is 15.0 Å². The third-order valence-electron chi connectivity index (χ3n) is 3.75. The zero-order valence-corrected chi connectivity index (χ0v) is 11.7. The molecule has 1 unspecified atom stereocenters. The van der Waals surface area contributed by atoms with Gasteiger partial charge in [-0.25, -0.2) is 0 Å². The molecule has 1 heterocycles. The molecule has 100 valence electrons. The smallest absolute Gasteiger partial charge is 0.121 e. The van der Waals surface area contributed by atoms with E-state index in [1.807, 2.05) is 0 Å². The Hall–Kier alpha value is -1.22. The van der Waals surface area contributed by atoms with Crippen LogP contribution in [-0.2, 0) is 0 Å². The van der Waals surface area contributed by atoms with Crippen molar-refractivity contribution in [3.63, 3.8) is 0 Å². The Morgan fingerprint density at radius 1 is 1.44 bits per heavy atom. The molecule has 3 heteroatoms. The molecule has 2 rings (SSSR count). The zero-order valence-electron chi connectivity index (χ0n) is 11.7. The van der Waals surface area contributed by atoms with Crippen molar-refractivity contribution < 1.29 is 4.74 Å². The van der Waals surface area contributed by atoms with E-state index >= 15 is 0 Å². The van der Waals surface area contributed by atoms with E-state index in [2.05, 4.69) is 42.4 Å². The van der Waals surface area contributed by atoms with Crippen molar-refractivity contribution in [3.05, 3.63) is 23.8 Å². The van der Waals surface area contributed by atoms with Crippen LogP contribution in [0.2, 0.25) is 0 Å². The topological polar surface area (TPSA) is 24.5 Å². The highest BCUT2D eigenvalue weighted by Gasteiger charge is 2.15. The van der Waals surface area contributed by atoms with E-state index < -0.39 is 0 Å². The van der Waals surface area contributed by atoms with E-state index in [4.69, 9.17) is 4.74 Å². The number of methoxy groups -OCH3 is 1. The van der Waals surface area contributed by atoms with Crippen LogP contribution in [-0.4, -0.2) is 33.8 Å². The number of aryl methyl sites for hydroxylation is 1. The molecule has 0 bridgehead atoms. The van der Waals surface area contributed by atoms with Crippen LogP contribution in [0.5, 0.6) is 5.75 Å². The first-order valence-electron chi connectivity index (χ1n) is 6.77. The normalized spacial score (nSPS) is 19.6. The quantitative estimate of drug-likeness (QED) is 0.885. The standard InChI is InChI=1S/C15H24N2O/c1-12-9-14(6-7-15(12)18-3)17(2)11-13-5-4-8-16-10-13/h6-7,9,13,16H,4-5,8,10-11H2,1-3H3. The molecule has 1 fully saturated rings. The van der Waals surface area contributed by atoms with Crippen molar-refractivity contribution >= 4 is 5.69 Å². The Kier molecular flexibility index (Phi) is 4.48. The first-order chi connectivity index (χ1) is 8.70. The molecule has 0 amide bonds. The van der Waals surface area contributed by atoms with Gasteiger partial charge in [-0.05, 0) is 62.5 Å². The zero-order chi connectivity index (χ0) is 13.0. The number of hydrogen-bond acceptors (Lipinski definition) is 3. The van der Waals surface area contributed by atoms with Crippen LogP contribution in [0.15, 0.2) is 18.2 Å². The summed E-state index contributed by atoms with van der Waals surface area (Å²) in [5.41, 5.74) is 2.47. The number of hydrogen-bond donors (Lipinski definition) is 1. The highest BCUT2D eigenvalue weighted by atomic mass is 16.5. The van der Waals surface area contributed by atoms with Gasteiger partial charge in [0.2, 0.25) is 0 Å². The molecule has 1 aromatic carbocycles. The Balaban J connectivity index is 1.99. The van der Waals surface area contributed by atoms with E-state index in [1.165, 1.54) is 30.6 Å². The first kappa shape index (κ1) is 13.2. The van der Waals surface area contributed by atoms with Gasteiger partial charge < -0.3 is 15.0 Å². The summed E-state index contributed by atoms with van der Waals surface area (Å²) in [5, 5.41) is 3.47. The van der Waals surface area contributed by atoms with Crippen LogP contribution >= 0.6 is 0 Å². The van der Waals surface area contributed by atoms with Gasteiger partial charge in [-0.15, -0.1) is 0 Å². The summed E-state index contributed by atoms with van der Waals surface area (Å²) in [6.07, 6.45) is 2.65. The summed E-state index contributed by atoms with van der Waals surface area (Å²) >= 11 is 0. The number of anilines is 1. The van der Waals surface area contributed by atoms with Gasteiger partial charge >= 0.3 is 0 Å². The van der Waals surface area contributed by atoms with Crippen molar-refractivity contribution in [1.82, 2.24) is 5.32 Å². The Morgan fingerprint density at radius 2 is 2.28 bits per heavy atom. The van der Waals surface area contributed by atoms with Crippen molar-refractivity contribution in [2.75, 3.05) is 38.7 Å². The second kappa shape index (κ2) is 6.10. The molecule has 0 spiro atoms. The molecule has 0 saturated carbocycles. The molecule has 1 atom stereocenters. The van der Waals surface area contributed by atoms with E-state index in [0.717, 1.165) is 24.8 Å². The van der Waals surface area contributed by atoms with Gasteiger partial charge in [0.05, 0.1) is 7.11 Å². The largest absolute Gasteiger partial charge is 0.496 e. The minimum atomic E-state index is 0.770. The monoisotopic (exact) mass is 248 g/mol. The van der Waals surface area contributed by atoms with Crippen molar-refractivity contribution in [3.8, 4) is 5.75 Å². The molecular weight excluding hydrogens is 224 g/mol. The lowest BCUT2D eigenvalue weighted by Crippen LogP contribution is -2.36. The highest BCUT2D eigenvalue weighted by molar-refractivity contribution is 5.52. The molecule has 0 aliphatic carbocycles. The maximum atomic E-state index is 5.30. The highest BCUT2D eigenvalue weighted by Crippen LogP contribution is 2.24. The van der Waals surface area contributed by atoms with E-state index in [9.17, 15) is 0 Å². The van der Waals surface area contributed by atoms with E-state index in [-0.39, 0.29) is 0 Å². The van der Waals surface area contributed by atoms with Gasteiger partial charge in [-0.2, -0.15) is 0 Å². The maximum Gasteiger partial charge on any atom is 0.121 e. The van der Waals surface area contributed by atoms with Crippen molar-refractivity contribution in [2.24, 2.45) is 5.92 Å². The lowest BCUT2D eigenvalue weighted by molar-refractivity contribution is 0.381. The minimum Gasteiger partial charge on any atom is -0.496 e. The molecule has 1 saturated heterocycles. The Bertz CT molecular complexity index is 386. The van der Waals surface area contributed by atoms with Crippen LogP contribution in [0.4, 0.5) is 5.69 Å². The van der Waals surface area contributed by atoms with Crippen molar-refractivity contribution in [2.45, 2.75) is 19.8 Å². The predicted octanol–water partition coefficient (Wildman–Crippen LogP) is 2.44. The molecule has 1 N–H and O–H groups in total. The molecule has 1 aromatic rings. The SMILES string of the molecule is COc1ccc(N(C)CC2CCCNC2)cc1C. The molecule has 1 aliphatic heterocycles. The van der Waals surface area contributed by atoms with Crippen LogP contribution in [0, 0.1) is 12.8 Å². The Labute approximate surface area is 110 Å². The third kappa shape index (κ3) is 3.16. The van der Waals surface area contributed by atoms with E-state index in [1.54, 1.807) is 7.11 Å². The number of nitrogens with one attached hydrogen (secondary N) is 1. The van der Waals surface area contributed by atoms with Crippen molar-refractivity contribution in [1.29, 1.82) is 0 Å². The van der Waals surface area contributed by atoms with Gasteiger partial charge in [0.1, 0.15) is 5.75 Å². The fourth-order valence-electron chi connectivity index (χ4n) is 2.67. The molecular formula is C15H24N2O. The average Bonchev–Trinajstić information content (AvgIpc) is 2.39. The summed E-state index contributed by atoms with van der Waals surface area (Å²) in [4.78, 5) is 2.35. The lowest BCUT2D eigenvalue weighted by atomic mass is 9.99. The molecule has 18 heavy (non-hydrogen) atoms. The molecule has 0 aromatic heterocycles. The maximum absolute atomic E-state index is 5.30. The number of benzene rings is 1. The van der Waals surface area contributed by atoms with Gasteiger partial charge in [0.15, 0.2) is 0 Å². The Morgan fingerprint density at radius 3 is 2.89 bits per heavy atom. The summed E-state index contributed by atoms with van der Waals surface area (Å²) in [7, 11) is 3.90. The van der Waals surface area contributed by atoms with Crippen LogP contribution in [0.3, 0.4) is 0 Å². The van der Waals surface area contributed by atoms with Gasteiger partial charge in [0.25, 0.3) is 0 Å². The van der Waals surface area contributed by atoms with Crippen LogP contribution in [0.1, 0.15) is 18.4 Å². The fraction of sp³-hybridized carbons (Fsp3) is 0.600. The third-order valence-corrected chi connectivity index (χ3v) is 3.75. The first-order valence-corrected chi connectivity index (χ1v) is 6.77. The predicted molar refractivity (Wildman–Crippen MR) is 76.6 cm³/mol. The molecule has 3 nitrogen and oxygen atoms in total. The van der Waals surface area contributed by atoms with Gasteiger partial charge in [-0.1, -0.05) is 0 Å². The average molecular weight is 248 g/mol. The summed E-state index contributed by atoms with van der Waals surface area (Å²) in [5.74, 6) is 1.73. The number of piperidine rings is 1. The molecule has 0 radical (unpaired) electrons. The number of rotatable bonds is 4. The molecule has 1 aliphatic rings. The lowest BCUT2D eigenvalue weighted by Gasteiger charge is -2.29. The summed E-state index contributed by atoms with van der Waals surface area (Å²) < 4.78 is 5.30. The second-order valence-electron chi connectivity index (χ2n) is 5.25.